The topological polar surface area (TPSA) is 73.4 Å². The van der Waals surface area contributed by atoms with Crippen molar-refractivity contribution in [3.05, 3.63) is 69.6 Å². The second-order valence-electron chi connectivity index (χ2n) is 7.89. The normalized spacial score (nSPS) is 15.5. The number of quaternary nitrogens is 1. The summed E-state index contributed by atoms with van der Waals surface area (Å²) in [4.78, 5) is 30.1. The highest BCUT2D eigenvalue weighted by molar-refractivity contribution is 5.99. The molecule has 0 saturated heterocycles. The molecule has 7 heteroatoms. The lowest BCUT2D eigenvalue weighted by Gasteiger charge is -2.27. The van der Waals surface area contributed by atoms with E-state index in [4.69, 9.17) is 13.9 Å². The largest absolute Gasteiger partial charge is 0.493 e. The third-order valence-electron chi connectivity index (χ3n) is 6.30. The van der Waals surface area contributed by atoms with E-state index in [1.165, 1.54) is 4.90 Å². The molecular formula is C25H29N2O5+. The van der Waals surface area contributed by atoms with Gasteiger partial charge < -0.3 is 23.7 Å². The van der Waals surface area contributed by atoms with Crippen LogP contribution in [-0.4, -0.2) is 51.2 Å². The van der Waals surface area contributed by atoms with Crippen molar-refractivity contribution in [3.63, 3.8) is 0 Å². The van der Waals surface area contributed by atoms with Gasteiger partial charge >= 0.3 is 0 Å². The summed E-state index contributed by atoms with van der Waals surface area (Å²) >= 11 is 0. The minimum Gasteiger partial charge on any atom is -0.493 e. The van der Waals surface area contributed by atoms with E-state index in [0.717, 1.165) is 25.2 Å². The molecule has 1 N–H and O–H groups in total. The Balaban J connectivity index is 1.88. The monoisotopic (exact) mass is 437 g/mol. The fourth-order valence-corrected chi connectivity index (χ4v) is 4.45. The molecule has 0 unspecified atom stereocenters. The van der Waals surface area contributed by atoms with Crippen molar-refractivity contribution >= 4 is 16.9 Å². The van der Waals surface area contributed by atoms with Crippen molar-refractivity contribution in [2.45, 2.75) is 19.9 Å². The van der Waals surface area contributed by atoms with Gasteiger partial charge in [0, 0.05) is 0 Å². The summed E-state index contributed by atoms with van der Waals surface area (Å²) < 4.78 is 16.8. The Morgan fingerprint density at radius 3 is 2.41 bits per heavy atom. The third-order valence-corrected chi connectivity index (χ3v) is 6.30. The number of amides is 1. The Bertz CT molecular complexity index is 1200. The molecule has 1 amide bonds. The average Bonchev–Trinajstić information content (AvgIpc) is 3.11. The highest BCUT2D eigenvalue weighted by Crippen LogP contribution is 2.40. The van der Waals surface area contributed by atoms with E-state index in [-0.39, 0.29) is 17.1 Å². The number of methoxy groups -OCH3 is 2. The van der Waals surface area contributed by atoms with Gasteiger partial charge in [-0.25, -0.2) is 0 Å². The zero-order valence-corrected chi connectivity index (χ0v) is 18.9. The molecule has 4 rings (SSSR count). The van der Waals surface area contributed by atoms with E-state index in [1.807, 2.05) is 12.1 Å². The molecule has 2 heterocycles. The number of carbonyl (C=O) groups is 1. The molecule has 0 saturated carbocycles. The number of rotatable bonds is 8. The second kappa shape index (κ2) is 9.04. The average molecular weight is 438 g/mol. The maximum Gasteiger partial charge on any atom is 0.291 e. The smallest absolute Gasteiger partial charge is 0.291 e. The van der Waals surface area contributed by atoms with Gasteiger partial charge in [0.15, 0.2) is 16.9 Å². The second-order valence-corrected chi connectivity index (χ2v) is 7.89. The number of fused-ring (bicyclic) bond motifs is 2. The molecule has 1 atom stereocenters. The van der Waals surface area contributed by atoms with E-state index in [2.05, 4.69) is 13.8 Å². The van der Waals surface area contributed by atoms with Crippen LogP contribution in [0.3, 0.4) is 0 Å². The van der Waals surface area contributed by atoms with Crippen LogP contribution in [0.15, 0.2) is 51.7 Å². The van der Waals surface area contributed by atoms with Crippen LogP contribution in [0.4, 0.5) is 0 Å². The van der Waals surface area contributed by atoms with Crippen molar-refractivity contribution in [2.24, 2.45) is 0 Å². The van der Waals surface area contributed by atoms with Crippen LogP contribution in [-0.2, 0) is 0 Å². The van der Waals surface area contributed by atoms with E-state index in [0.29, 0.717) is 34.6 Å². The Labute approximate surface area is 187 Å². The zero-order chi connectivity index (χ0) is 22.8. The predicted octanol–water partition coefficient (Wildman–Crippen LogP) is 2.28. The van der Waals surface area contributed by atoms with Gasteiger partial charge in [0.1, 0.15) is 5.58 Å². The van der Waals surface area contributed by atoms with Crippen molar-refractivity contribution in [3.8, 4) is 11.5 Å². The summed E-state index contributed by atoms with van der Waals surface area (Å²) in [6, 6.07) is 12.0. The lowest BCUT2D eigenvalue weighted by atomic mass is 9.98. The number of likely N-dealkylation sites (N-methyl/N-ethyl adjacent to an activating group) is 1. The molecule has 0 radical (unpaired) electrons. The number of para-hydroxylation sites is 1. The molecule has 168 valence electrons. The first kappa shape index (κ1) is 21.9. The molecule has 0 fully saturated rings. The first-order chi connectivity index (χ1) is 15.5. The van der Waals surface area contributed by atoms with Crippen molar-refractivity contribution in [1.82, 2.24) is 4.90 Å². The Hall–Kier alpha value is -3.32. The van der Waals surface area contributed by atoms with Gasteiger partial charge in [-0.15, -0.1) is 0 Å². The molecule has 3 aromatic rings. The molecule has 32 heavy (non-hydrogen) atoms. The van der Waals surface area contributed by atoms with Crippen LogP contribution in [0.1, 0.15) is 41.6 Å². The quantitative estimate of drug-likeness (QED) is 0.585. The van der Waals surface area contributed by atoms with Crippen LogP contribution in [0, 0.1) is 0 Å². The minimum atomic E-state index is -0.548. The van der Waals surface area contributed by atoms with Crippen LogP contribution < -0.4 is 19.8 Å². The third kappa shape index (κ3) is 3.62. The molecule has 1 aliphatic rings. The molecule has 2 aromatic carbocycles. The van der Waals surface area contributed by atoms with Gasteiger partial charge in [-0.05, 0) is 43.7 Å². The lowest BCUT2D eigenvalue weighted by Crippen LogP contribution is -3.12. The maximum atomic E-state index is 13.5. The number of hydrogen-bond acceptors (Lipinski definition) is 5. The SMILES string of the molecule is CC[NH+](CC)CCN1C(=O)c2oc3ccccc3c(=O)c2[C@H]1c1ccc(OC)c(OC)c1. The standard InChI is InChI=1S/C25H28N2O5/c1-5-26(6-2)13-14-27-22(16-11-12-19(30-3)20(15-16)31-4)21-23(28)17-9-7-8-10-18(17)32-24(21)25(27)29/h7-12,15,22H,5-6,13-14H2,1-4H3/p+1/t22-/m1/s1. The number of benzene rings is 2. The fourth-order valence-electron chi connectivity index (χ4n) is 4.45. The Kier molecular flexibility index (Phi) is 6.19. The highest BCUT2D eigenvalue weighted by Gasteiger charge is 2.43. The van der Waals surface area contributed by atoms with Crippen LogP contribution in [0.2, 0.25) is 0 Å². The number of ether oxygens (including phenoxy) is 2. The molecule has 0 spiro atoms. The zero-order valence-electron chi connectivity index (χ0n) is 18.9. The van der Waals surface area contributed by atoms with Gasteiger partial charge in [0.2, 0.25) is 5.76 Å². The van der Waals surface area contributed by atoms with E-state index in [1.54, 1.807) is 49.5 Å². The van der Waals surface area contributed by atoms with Crippen LogP contribution >= 0.6 is 0 Å². The van der Waals surface area contributed by atoms with Gasteiger partial charge in [0.05, 0.1) is 57.4 Å². The number of hydrogen-bond donors (Lipinski definition) is 1. The first-order valence-corrected chi connectivity index (χ1v) is 11.0. The summed E-state index contributed by atoms with van der Waals surface area (Å²) in [7, 11) is 3.14. The summed E-state index contributed by atoms with van der Waals surface area (Å²) in [5.41, 5.74) is 1.42. The maximum absolute atomic E-state index is 13.5. The van der Waals surface area contributed by atoms with Crippen LogP contribution in [0.25, 0.3) is 11.0 Å². The number of carbonyl (C=O) groups excluding carboxylic acids is 1. The summed E-state index contributed by atoms with van der Waals surface area (Å²) in [6.07, 6.45) is 0. The molecular weight excluding hydrogens is 408 g/mol. The summed E-state index contributed by atoms with van der Waals surface area (Å²) in [5, 5.41) is 0.473. The summed E-state index contributed by atoms with van der Waals surface area (Å²) in [5.74, 6) is 1.01. The Morgan fingerprint density at radius 1 is 1.00 bits per heavy atom. The van der Waals surface area contributed by atoms with E-state index in [9.17, 15) is 9.59 Å². The van der Waals surface area contributed by atoms with Crippen LogP contribution in [0.5, 0.6) is 11.5 Å². The lowest BCUT2D eigenvalue weighted by molar-refractivity contribution is -0.895. The molecule has 0 bridgehead atoms. The van der Waals surface area contributed by atoms with Crippen molar-refractivity contribution < 1.29 is 23.6 Å². The molecule has 1 aromatic heterocycles. The number of nitrogens with one attached hydrogen (secondary N) is 1. The van der Waals surface area contributed by atoms with Gasteiger partial charge in [-0.2, -0.15) is 0 Å². The predicted molar refractivity (Wildman–Crippen MR) is 122 cm³/mol. The van der Waals surface area contributed by atoms with Gasteiger partial charge in [-0.3, -0.25) is 9.59 Å². The summed E-state index contributed by atoms with van der Waals surface area (Å²) in [6.45, 7) is 7.48. The molecule has 1 aliphatic heterocycles. The van der Waals surface area contributed by atoms with E-state index >= 15 is 0 Å². The van der Waals surface area contributed by atoms with E-state index < -0.39 is 6.04 Å². The molecule has 7 nitrogen and oxygen atoms in total. The van der Waals surface area contributed by atoms with Crippen molar-refractivity contribution in [2.75, 3.05) is 40.4 Å². The van der Waals surface area contributed by atoms with Crippen molar-refractivity contribution in [1.29, 1.82) is 0 Å². The Morgan fingerprint density at radius 2 is 1.72 bits per heavy atom. The minimum absolute atomic E-state index is 0.128. The highest BCUT2D eigenvalue weighted by atomic mass is 16.5. The fraction of sp³-hybridized carbons (Fsp3) is 0.360. The van der Waals surface area contributed by atoms with Gasteiger partial charge in [-0.1, -0.05) is 18.2 Å². The molecule has 0 aliphatic carbocycles. The first-order valence-electron chi connectivity index (χ1n) is 11.0. The number of nitrogens with zero attached hydrogens (tertiary/aromatic N) is 1. The van der Waals surface area contributed by atoms with Gasteiger partial charge in [0.25, 0.3) is 5.91 Å².